The number of benzene rings is 2. The molecule has 5 aromatic rings. The van der Waals surface area contributed by atoms with E-state index >= 15 is 0 Å². The summed E-state index contributed by atoms with van der Waals surface area (Å²) in [7, 11) is 0. The Bertz CT molecular complexity index is 1820. The number of aryl methyl sites for hydroxylation is 1. The Labute approximate surface area is 282 Å². The molecule has 0 spiro atoms. The van der Waals surface area contributed by atoms with Crippen molar-refractivity contribution in [2.24, 2.45) is 5.41 Å². The minimum Gasteiger partial charge on any atom is -0.487 e. The number of carbonyl (C=O) groups is 1. The topological polar surface area (TPSA) is 86.5 Å². The van der Waals surface area contributed by atoms with Gasteiger partial charge in [0.05, 0.1) is 17.7 Å². The lowest BCUT2D eigenvalue weighted by Crippen LogP contribution is -2.28. The van der Waals surface area contributed by atoms with Crippen LogP contribution in [-0.4, -0.2) is 37.0 Å². The summed E-state index contributed by atoms with van der Waals surface area (Å²) in [4.78, 5) is 22.4. The van der Waals surface area contributed by atoms with Crippen molar-refractivity contribution in [2.45, 2.75) is 84.1 Å². The highest BCUT2D eigenvalue weighted by Gasteiger charge is 2.33. The molecule has 0 saturated carbocycles. The van der Waals surface area contributed by atoms with Crippen LogP contribution in [0.2, 0.25) is 0 Å². The zero-order valence-electron chi connectivity index (χ0n) is 28.5. The molecule has 0 atom stereocenters. The van der Waals surface area contributed by atoms with Gasteiger partial charge in [-0.25, -0.2) is 4.98 Å². The largest absolute Gasteiger partial charge is 0.487 e. The van der Waals surface area contributed by atoms with Gasteiger partial charge in [0.25, 0.3) is 0 Å². The zero-order chi connectivity index (χ0) is 33.8. The third-order valence-corrected chi connectivity index (χ3v) is 9.14. The van der Waals surface area contributed by atoms with Gasteiger partial charge in [-0.05, 0) is 74.2 Å². The van der Waals surface area contributed by atoms with Crippen molar-refractivity contribution >= 4 is 28.6 Å². The van der Waals surface area contributed by atoms with Gasteiger partial charge in [-0.2, -0.15) is 0 Å². The number of carboxylic acids is 1. The molecule has 8 heteroatoms. The summed E-state index contributed by atoms with van der Waals surface area (Å²) in [6, 6.07) is 22.6. The van der Waals surface area contributed by atoms with Crippen LogP contribution in [0, 0.1) is 12.3 Å². The first-order valence-electron chi connectivity index (χ1n) is 16.1. The third-order valence-electron chi connectivity index (χ3n) is 7.87. The molecule has 5 rings (SSSR count). The molecule has 0 saturated heterocycles. The molecule has 0 fully saturated rings. The number of nitrogens with zero attached hydrogens (tertiary/aromatic N) is 3. The minimum absolute atomic E-state index is 0.100. The molecule has 0 aliphatic carbocycles. The summed E-state index contributed by atoms with van der Waals surface area (Å²) in [5, 5.41) is 11.2. The number of aromatic nitrogens is 3. The standard InChI is InChI=1S/C39H45N3O4S/c1-8-19-45-35-18-14-29(23-41-35)28-12-10-27(11-13-28)24-42-33-17-16-31(46-25-30-15-9-26(2)22-40-30)20-32(33)36(47-38(3,4)5)34(42)21-39(6,7)37(43)44/h9-18,20,22-23H,8,19,21,24-25H2,1-7H3,(H,43,44). The first-order chi connectivity index (χ1) is 22.3. The number of hydrogen-bond acceptors (Lipinski definition) is 6. The Morgan fingerprint density at radius 3 is 2.26 bits per heavy atom. The van der Waals surface area contributed by atoms with Crippen LogP contribution >= 0.6 is 11.8 Å². The van der Waals surface area contributed by atoms with Gasteiger partial charge in [0.15, 0.2) is 0 Å². The van der Waals surface area contributed by atoms with E-state index in [4.69, 9.17) is 9.47 Å². The molecule has 0 radical (unpaired) electrons. The predicted molar refractivity (Wildman–Crippen MR) is 191 cm³/mol. The number of fused-ring (bicyclic) bond motifs is 1. The van der Waals surface area contributed by atoms with Crippen LogP contribution in [0.5, 0.6) is 11.6 Å². The van der Waals surface area contributed by atoms with Crippen molar-refractivity contribution in [3.8, 4) is 22.8 Å². The number of hydrogen-bond donors (Lipinski definition) is 1. The van der Waals surface area contributed by atoms with E-state index in [1.54, 1.807) is 25.6 Å². The van der Waals surface area contributed by atoms with Gasteiger partial charge in [-0.3, -0.25) is 9.78 Å². The number of aliphatic carboxylic acids is 1. The maximum atomic E-state index is 12.4. The maximum Gasteiger partial charge on any atom is 0.309 e. The van der Waals surface area contributed by atoms with Gasteiger partial charge in [0, 0.05) is 63.2 Å². The van der Waals surface area contributed by atoms with E-state index < -0.39 is 11.4 Å². The van der Waals surface area contributed by atoms with E-state index in [2.05, 4.69) is 78.6 Å². The first-order valence-corrected chi connectivity index (χ1v) is 16.9. The van der Waals surface area contributed by atoms with Gasteiger partial charge in [-0.1, -0.05) is 58.0 Å². The van der Waals surface area contributed by atoms with Gasteiger partial charge in [0.2, 0.25) is 5.88 Å². The highest BCUT2D eigenvalue weighted by atomic mass is 32.2. The molecule has 0 aliphatic heterocycles. The molecule has 0 bridgehead atoms. The Hall–Kier alpha value is -4.30. The average molecular weight is 652 g/mol. The van der Waals surface area contributed by atoms with E-state index in [1.807, 2.05) is 49.6 Å². The number of rotatable bonds is 13. The SMILES string of the molecule is CCCOc1ccc(-c2ccc(Cn3c(CC(C)(C)C(=O)O)c(SC(C)(C)C)c4cc(OCc5ccc(C)cn5)ccc43)cc2)cn1. The lowest BCUT2D eigenvalue weighted by molar-refractivity contribution is -0.146. The third kappa shape index (κ3) is 8.55. The van der Waals surface area contributed by atoms with Crippen molar-refractivity contribution in [3.63, 3.8) is 0 Å². The number of pyridine rings is 2. The second-order valence-electron chi connectivity index (χ2n) is 13.7. The fourth-order valence-electron chi connectivity index (χ4n) is 5.29. The van der Waals surface area contributed by atoms with Crippen LogP contribution in [0.4, 0.5) is 0 Å². The number of carboxylic acid groups (broad SMARTS) is 1. The van der Waals surface area contributed by atoms with Crippen LogP contribution in [0.25, 0.3) is 22.0 Å². The molecular weight excluding hydrogens is 607 g/mol. The van der Waals surface area contributed by atoms with Crippen molar-refractivity contribution in [1.29, 1.82) is 0 Å². The molecule has 0 unspecified atom stereocenters. The fraction of sp³-hybridized carbons (Fsp3) is 0.359. The smallest absolute Gasteiger partial charge is 0.309 e. The van der Waals surface area contributed by atoms with Crippen LogP contribution in [0.15, 0.2) is 84.0 Å². The van der Waals surface area contributed by atoms with Crippen LogP contribution < -0.4 is 9.47 Å². The molecule has 47 heavy (non-hydrogen) atoms. The van der Waals surface area contributed by atoms with E-state index in [9.17, 15) is 9.90 Å². The molecule has 0 aliphatic rings. The molecule has 0 amide bonds. The number of thioether (sulfide) groups is 1. The quantitative estimate of drug-likeness (QED) is 0.127. The molecule has 246 valence electrons. The van der Waals surface area contributed by atoms with Gasteiger partial charge in [0.1, 0.15) is 12.4 Å². The highest BCUT2D eigenvalue weighted by Crippen LogP contribution is 2.44. The summed E-state index contributed by atoms with van der Waals surface area (Å²) in [5.41, 5.74) is 6.28. The van der Waals surface area contributed by atoms with Crippen molar-refractivity contribution in [1.82, 2.24) is 14.5 Å². The Kier molecular flexibility index (Phi) is 10.3. The maximum absolute atomic E-state index is 12.4. The van der Waals surface area contributed by atoms with Gasteiger partial charge >= 0.3 is 5.97 Å². The summed E-state index contributed by atoms with van der Waals surface area (Å²) < 4.78 is 14.1. The Morgan fingerprint density at radius 2 is 1.64 bits per heavy atom. The predicted octanol–water partition coefficient (Wildman–Crippen LogP) is 9.37. The summed E-state index contributed by atoms with van der Waals surface area (Å²) in [6.07, 6.45) is 5.01. The summed E-state index contributed by atoms with van der Waals surface area (Å²) >= 11 is 1.77. The van der Waals surface area contributed by atoms with Crippen molar-refractivity contribution in [3.05, 3.63) is 102 Å². The van der Waals surface area contributed by atoms with Gasteiger partial charge in [-0.15, -0.1) is 11.8 Å². The molecule has 7 nitrogen and oxygen atoms in total. The van der Waals surface area contributed by atoms with E-state index in [0.717, 1.165) is 61.6 Å². The Balaban J connectivity index is 1.52. The van der Waals surface area contributed by atoms with E-state index in [0.29, 0.717) is 32.1 Å². The van der Waals surface area contributed by atoms with Crippen molar-refractivity contribution < 1.29 is 19.4 Å². The second kappa shape index (κ2) is 14.2. The molecule has 2 aromatic carbocycles. The lowest BCUT2D eigenvalue weighted by atomic mass is 9.88. The van der Waals surface area contributed by atoms with Crippen molar-refractivity contribution in [2.75, 3.05) is 6.61 Å². The van der Waals surface area contributed by atoms with Gasteiger partial charge < -0.3 is 19.1 Å². The molecule has 1 N–H and O–H groups in total. The van der Waals surface area contributed by atoms with Crippen LogP contribution in [0.3, 0.4) is 0 Å². The monoisotopic (exact) mass is 651 g/mol. The van der Waals surface area contributed by atoms with E-state index in [1.165, 1.54) is 0 Å². The van der Waals surface area contributed by atoms with Crippen LogP contribution in [-0.2, 0) is 24.4 Å². The average Bonchev–Trinajstić information content (AvgIpc) is 3.29. The first kappa shape index (κ1) is 34.0. The number of ether oxygens (including phenoxy) is 2. The normalized spacial score (nSPS) is 12.0. The zero-order valence-corrected chi connectivity index (χ0v) is 29.3. The molecule has 3 aromatic heterocycles. The minimum atomic E-state index is -0.959. The second-order valence-corrected chi connectivity index (χ2v) is 15.5. The molecular formula is C39H45N3O4S. The summed E-state index contributed by atoms with van der Waals surface area (Å²) in [5.74, 6) is 0.563. The van der Waals surface area contributed by atoms with Crippen LogP contribution in [0.1, 0.15) is 70.5 Å². The summed E-state index contributed by atoms with van der Waals surface area (Å²) in [6.45, 7) is 15.9. The fourth-order valence-corrected chi connectivity index (χ4v) is 6.47. The van der Waals surface area contributed by atoms with E-state index in [-0.39, 0.29) is 4.75 Å². The lowest BCUT2D eigenvalue weighted by Gasteiger charge is -2.24. The Morgan fingerprint density at radius 1 is 0.894 bits per heavy atom. The molecule has 3 heterocycles. The highest BCUT2D eigenvalue weighted by molar-refractivity contribution is 8.00.